The summed E-state index contributed by atoms with van der Waals surface area (Å²) in [5.74, 6) is 0.149. The molecule has 0 saturated carbocycles. The molecule has 5 nitrogen and oxygen atoms in total. The second kappa shape index (κ2) is 7.83. The van der Waals surface area contributed by atoms with Gasteiger partial charge in [-0.3, -0.25) is 9.59 Å². The Balaban J connectivity index is 1.72. The zero-order chi connectivity index (χ0) is 20.5. The van der Waals surface area contributed by atoms with Crippen LogP contribution >= 0.6 is 11.8 Å². The highest BCUT2D eigenvalue weighted by Crippen LogP contribution is 2.36. The van der Waals surface area contributed by atoms with Crippen LogP contribution in [0.1, 0.15) is 34.6 Å². The number of aromatic nitrogens is 2. The Kier molecular flexibility index (Phi) is 5.24. The lowest BCUT2D eigenvalue weighted by atomic mass is 9.87. The Morgan fingerprint density at radius 2 is 1.90 bits per heavy atom. The van der Waals surface area contributed by atoms with E-state index in [9.17, 15) is 14.0 Å². The van der Waals surface area contributed by atoms with Gasteiger partial charge in [-0.05, 0) is 35.7 Å². The van der Waals surface area contributed by atoms with Crippen LogP contribution < -0.4 is 10.9 Å². The summed E-state index contributed by atoms with van der Waals surface area (Å²) in [5, 5.41) is 3.37. The van der Waals surface area contributed by atoms with E-state index in [0.29, 0.717) is 22.3 Å². The van der Waals surface area contributed by atoms with E-state index < -0.39 is 5.92 Å². The van der Waals surface area contributed by atoms with Crippen LogP contribution in [-0.4, -0.2) is 15.5 Å². The molecule has 0 aliphatic carbocycles. The molecule has 1 atom stereocenters. The van der Waals surface area contributed by atoms with Crippen LogP contribution in [0.25, 0.3) is 0 Å². The minimum Gasteiger partial charge on any atom is -0.312 e. The average Bonchev–Trinajstić information content (AvgIpc) is 2.70. The second-order valence-corrected chi connectivity index (χ2v) is 8.03. The molecule has 1 unspecified atom stereocenters. The number of fused-ring (bicyclic) bond motifs is 1. The van der Waals surface area contributed by atoms with Crippen molar-refractivity contribution in [3.8, 4) is 0 Å². The normalized spacial score (nSPS) is 15.7. The van der Waals surface area contributed by atoms with Crippen LogP contribution in [0.15, 0.2) is 58.5 Å². The Labute approximate surface area is 172 Å². The van der Waals surface area contributed by atoms with Crippen molar-refractivity contribution in [3.63, 3.8) is 0 Å². The number of benzene rings is 2. The van der Waals surface area contributed by atoms with Crippen molar-refractivity contribution in [3.05, 3.63) is 87.0 Å². The van der Waals surface area contributed by atoms with Gasteiger partial charge in [-0.15, -0.1) is 0 Å². The molecule has 0 radical (unpaired) electrons. The fourth-order valence-corrected chi connectivity index (χ4v) is 4.60. The molecule has 2 aromatic carbocycles. The molecular weight excluding hydrogens is 389 g/mol. The first-order valence-corrected chi connectivity index (χ1v) is 10.3. The summed E-state index contributed by atoms with van der Waals surface area (Å²) < 4.78 is 15.1. The monoisotopic (exact) mass is 409 g/mol. The summed E-state index contributed by atoms with van der Waals surface area (Å²) >= 11 is 1.45. The zero-order valence-corrected chi connectivity index (χ0v) is 16.9. The van der Waals surface area contributed by atoms with Crippen molar-refractivity contribution in [2.24, 2.45) is 7.05 Å². The van der Waals surface area contributed by atoms with Crippen molar-refractivity contribution >= 4 is 23.5 Å². The molecular formula is C22H20FN3O2S. The molecule has 0 saturated heterocycles. The predicted molar refractivity (Wildman–Crippen MR) is 112 cm³/mol. The van der Waals surface area contributed by atoms with E-state index in [1.165, 1.54) is 29.5 Å². The summed E-state index contributed by atoms with van der Waals surface area (Å²) in [6.45, 7) is 2.04. The van der Waals surface area contributed by atoms with Crippen LogP contribution in [0, 0.1) is 12.7 Å². The number of aryl methyl sites for hydroxylation is 1. The van der Waals surface area contributed by atoms with E-state index in [1.54, 1.807) is 23.7 Å². The highest BCUT2D eigenvalue weighted by Gasteiger charge is 2.32. The van der Waals surface area contributed by atoms with Crippen LogP contribution in [0.4, 0.5) is 10.2 Å². The number of halogens is 1. The minimum atomic E-state index is -0.444. The molecule has 4 rings (SSSR count). The second-order valence-electron chi connectivity index (χ2n) is 7.09. The van der Waals surface area contributed by atoms with Gasteiger partial charge in [-0.1, -0.05) is 48.2 Å². The van der Waals surface area contributed by atoms with Gasteiger partial charge in [0, 0.05) is 25.1 Å². The van der Waals surface area contributed by atoms with Crippen molar-refractivity contribution in [2.75, 3.05) is 5.32 Å². The summed E-state index contributed by atoms with van der Waals surface area (Å²) in [6, 6.07) is 14.0. The number of nitrogens with one attached hydrogen (secondary N) is 1. The average molecular weight is 409 g/mol. The van der Waals surface area contributed by atoms with Gasteiger partial charge in [0.2, 0.25) is 5.91 Å². The standard InChI is InChI=1S/C22H20FN3O2S/c1-13-5-3-4-6-15(13)12-29-22-25-21(28)19-17(14-7-9-16(23)10-8-14)11-18(27)24-20(19)26(22)2/h3-10,17H,11-12H2,1-2H3,(H,24,27). The van der Waals surface area contributed by atoms with Gasteiger partial charge in [0.15, 0.2) is 5.16 Å². The first kappa shape index (κ1) is 19.4. The molecule has 0 fully saturated rings. The van der Waals surface area contributed by atoms with E-state index in [1.807, 2.05) is 31.2 Å². The van der Waals surface area contributed by atoms with Crippen LogP contribution in [0.3, 0.4) is 0 Å². The third-order valence-electron chi connectivity index (χ3n) is 5.19. The number of anilines is 1. The first-order chi connectivity index (χ1) is 13.9. The lowest BCUT2D eigenvalue weighted by Crippen LogP contribution is -2.33. The number of carbonyl (C=O) groups is 1. The smallest absolute Gasteiger partial charge is 0.279 e. The maximum atomic E-state index is 13.3. The Morgan fingerprint density at radius 1 is 1.17 bits per heavy atom. The molecule has 148 valence electrons. The van der Waals surface area contributed by atoms with E-state index in [0.717, 1.165) is 11.1 Å². The van der Waals surface area contributed by atoms with Gasteiger partial charge in [0.25, 0.3) is 5.56 Å². The molecule has 1 N–H and O–H groups in total. The number of nitrogens with zero attached hydrogens (tertiary/aromatic N) is 2. The third-order valence-corrected chi connectivity index (χ3v) is 6.27. The molecule has 0 spiro atoms. The number of amides is 1. The molecule has 7 heteroatoms. The van der Waals surface area contributed by atoms with Crippen LogP contribution in [0.5, 0.6) is 0 Å². The quantitative estimate of drug-likeness (QED) is 0.523. The number of hydrogen-bond donors (Lipinski definition) is 1. The Hall–Kier alpha value is -2.93. The van der Waals surface area contributed by atoms with Gasteiger partial charge in [0.05, 0.1) is 5.56 Å². The van der Waals surface area contributed by atoms with E-state index in [4.69, 9.17) is 0 Å². The molecule has 2 heterocycles. The van der Waals surface area contributed by atoms with E-state index in [2.05, 4.69) is 10.3 Å². The Bertz CT molecular complexity index is 1140. The summed E-state index contributed by atoms with van der Waals surface area (Å²) in [5.41, 5.74) is 3.14. The number of thioether (sulfide) groups is 1. The van der Waals surface area contributed by atoms with Crippen molar-refractivity contribution in [1.82, 2.24) is 9.55 Å². The molecule has 3 aromatic rings. The highest BCUT2D eigenvalue weighted by atomic mass is 32.2. The van der Waals surface area contributed by atoms with Gasteiger partial charge >= 0.3 is 0 Å². The highest BCUT2D eigenvalue weighted by molar-refractivity contribution is 7.98. The van der Waals surface area contributed by atoms with Crippen LogP contribution in [0.2, 0.25) is 0 Å². The maximum Gasteiger partial charge on any atom is 0.279 e. The minimum absolute atomic E-state index is 0.130. The van der Waals surface area contributed by atoms with Crippen molar-refractivity contribution < 1.29 is 9.18 Å². The third kappa shape index (κ3) is 3.82. The summed E-state index contributed by atoms with van der Waals surface area (Å²) in [7, 11) is 1.79. The number of rotatable bonds is 4. The lowest BCUT2D eigenvalue weighted by Gasteiger charge is -2.27. The maximum absolute atomic E-state index is 13.3. The van der Waals surface area contributed by atoms with Crippen molar-refractivity contribution in [1.29, 1.82) is 0 Å². The van der Waals surface area contributed by atoms with E-state index in [-0.39, 0.29) is 23.7 Å². The molecule has 1 aromatic heterocycles. The molecule has 0 bridgehead atoms. The van der Waals surface area contributed by atoms with Crippen LogP contribution in [-0.2, 0) is 17.6 Å². The summed E-state index contributed by atoms with van der Waals surface area (Å²) in [4.78, 5) is 29.6. The molecule has 1 amide bonds. The first-order valence-electron chi connectivity index (χ1n) is 9.27. The zero-order valence-electron chi connectivity index (χ0n) is 16.1. The molecule has 29 heavy (non-hydrogen) atoms. The lowest BCUT2D eigenvalue weighted by molar-refractivity contribution is -0.116. The largest absolute Gasteiger partial charge is 0.312 e. The molecule has 1 aliphatic rings. The fraction of sp³-hybridized carbons (Fsp3) is 0.227. The number of carbonyl (C=O) groups excluding carboxylic acids is 1. The topological polar surface area (TPSA) is 64.0 Å². The summed E-state index contributed by atoms with van der Waals surface area (Å²) in [6.07, 6.45) is 0.130. The van der Waals surface area contributed by atoms with Gasteiger partial charge < -0.3 is 9.88 Å². The predicted octanol–water partition coefficient (Wildman–Crippen LogP) is 3.99. The SMILES string of the molecule is Cc1ccccc1CSc1nc(=O)c2c(n1C)NC(=O)CC2c1ccc(F)cc1. The fourth-order valence-electron chi connectivity index (χ4n) is 3.56. The van der Waals surface area contributed by atoms with E-state index >= 15 is 0 Å². The Morgan fingerprint density at radius 3 is 2.62 bits per heavy atom. The number of hydrogen-bond acceptors (Lipinski definition) is 4. The van der Waals surface area contributed by atoms with Gasteiger partial charge in [-0.2, -0.15) is 4.98 Å². The van der Waals surface area contributed by atoms with Crippen molar-refractivity contribution in [2.45, 2.75) is 30.2 Å². The van der Waals surface area contributed by atoms with Gasteiger partial charge in [0.1, 0.15) is 11.6 Å². The van der Waals surface area contributed by atoms with Gasteiger partial charge in [-0.25, -0.2) is 4.39 Å². The molecule has 1 aliphatic heterocycles.